The smallest absolute Gasteiger partial charge is 0.0626 e. The van der Waals surface area contributed by atoms with E-state index in [1.807, 2.05) is 19.2 Å². The van der Waals surface area contributed by atoms with Crippen LogP contribution in [0.15, 0.2) is 24.3 Å². The van der Waals surface area contributed by atoms with Crippen LogP contribution in [0.4, 0.5) is 0 Å². The monoisotopic (exact) mass is 165 g/mol. The number of aryl methyl sites for hydroxylation is 1. The van der Waals surface area contributed by atoms with Gasteiger partial charge in [0, 0.05) is 0 Å². The summed E-state index contributed by atoms with van der Waals surface area (Å²) in [6.07, 6.45) is 0. The molecule has 0 radical (unpaired) electrons. The average molecular weight is 165 g/mol. The third-order valence-corrected chi connectivity index (χ3v) is 2.01. The topological polar surface area (TPSA) is 32.3 Å². The van der Waals surface area contributed by atoms with Gasteiger partial charge in [0.2, 0.25) is 0 Å². The molecule has 12 heavy (non-hydrogen) atoms. The second kappa shape index (κ2) is 4.24. The van der Waals surface area contributed by atoms with Gasteiger partial charge in [0.15, 0.2) is 0 Å². The zero-order chi connectivity index (χ0) is 8.97. The number of rotatable bonds is 3. The molecule has 1 aromatic carbocycles. The Kier molecular flexibility index (Phi) is 3.26. The molecule has 0 fully saturated rings. The molecule has 0 aliphatic rings. The van der Waals surface area contributed by atoms with E-state index in [1.165, 1.54) is 5.56 Å². The Bertz CT molecular complexity index is 226. The van der Waals surface area contributed by atoms with Crippen LogP contribution in [0.5, 0.6) is 0 Å². The van der Waals surface area contributed by atoms with Crippen molar-refractivity contribution in [2.75, 3.05) is 13.7 Å². The molecule has 0 spiro atoms. The van der Waals surface area contributed by atoms with E-state index in [1.54, 1.807) is 0 Å². The molecule has 66 valence electrons. The molecule has 0 aliphatic carbocycles. The summed E-state index contributed by atoms with van der Waals surface area (Å²) >= 11 is 0. The van der Waals surface area contributed by atoms with Crippen LogP contribution in [0, 0.1) is 6.92 Å². The molecule has 1 atom stereocenters. The van der Waals surface area contributed by atoms with Crippen LogP contribution in [-0.4, -0.2) is 18.8 Å². The van der Waals surface area contributed by atoms with Crippen molar-refractivity contribution in [3.63, 3.8) is 0 Å². The molecule has 1 rings (SSSR count). The van der Waals surface area contributed by atoms with Crippen LogP contribution >= 0.6 is 0 Å². The molecule has 0 unspecified atom stereocenters. The number of aliphatic hydroxyl groups is 1. The minimum Gasteiger partial charge on any atom is -0.394 e. The van der Waals surface area contributed by atoms with Crippen LogP contribution in [0.2, 0.25) is 0 Å². The van der Waals surface area contributed by atoms with Gasteiger partial charge >= 0.3 is 0 Å². The number of hydrogen-bond donors (Lipinski definition) is 2. The van der Waals surface area contributed by atoms with Gasteiger partial charge in [-0.1, -0.05) is 29.8 Å². The quantitative estimate of drug-likeness (QED) is 0.706. The summed E-state index contributed by atoms with van der Waals surface area (Å²) in [5.74, 6) is 0. The predicted molar refractivity (Wildman–Crippen MR) is 50.1 cm³/mol. The lowest BCUT2D eigenvalue weighted by molar-refractivity contribution is 0.251. The second-order valence-corrected chi connectivity index (χ2v) is 2.93. The minimum absolute atomic E-state index is 0.0607. The summed E-state index contributed by atoms with van der Waals surface area (Å²) in [6, 6.07) is 8.23. The predicted octanol–water partition coefficient (Wildman–Crippen LogP) is 1.25. The van der Waals surface area contributed by atoms with Gasteiger partial charge in [-0.2, -0.15) is 0 Å². The average Bonchev–Trinajstić information content (AvgIpc) is 2.10. The normalized spacial score (nSPS) is 12.9. The van der Waals surface area contributed by atoms with Gasteiger partial charge in [-0.15, -0.1) is 0 Å². The van der Waals surface area contributed by atoms with Crippen molar-refractivity contribution in [1.29, 1.82) is 0 Å². The largest absolute Gasteiger partial charge is 0.394 e. The molecule has 2 heteroatoms. The fourth-order valence-electron chi connectivity index (χ4n) is 1.16. The van der Waals surface area contributed by atoms with Gasteiger partial charge < -0.3 is 10.4 Å². The SMILES string of the molecule is CN[C@@H](CO)c1ccc(C)cc1. The lowest BCUT2D eigenvalue weighted by Crippen LogP contribution is -2.19. The standard InChI is InChI=1S/C10H15NO/c1-8-3-5-9(6-4-8)10(7-12)11-2/h3-6,10-12H,7H2,1-2H3/t10-/m0/s1. The molecule has 2 nitrogen and oxygen atoms in total. The van der Waals surface area contributed by atoms with Crippen molar-refractivity contribution >= 4 is 0 Å². The third-order valence-electron chi connectivity index (χ3n) is 2.01. The van der Waals surface area contributed by atoms with Crippen LogP contribution in [0.3, 0.4) is 0 Å². The fourth-order valence-corrected chi connectivity index (χ4v) is 1.16. The Labute approximate surface area is 73.2 Å². The van der Waals surface area contributed by atoms with Gasteiger partial charge in [-0.05, 0) is 19.5 Å². The highest BCUT2D eigenvalue weighted by Crippen LogP contribution is 2.12. The van der Waals surface area contributed by atoms with E-state index in [-0.39, 0.29) is 12.6 Å². The third kappa shape index (κ3) is 2.06. The van der Waals surface area contributed by atoms with Crippen LogP contribution in [0.25, 0.3) is 0 Å². The number of likely N-dealkylation sites (N-methyl/N-ethyl adjacent to an activating group) is 1. The summed E-state index contributed by atoms with van der Waals surface area (Å²) in [5, 5.41) is 12.0. The summed E-state index contributed by atoms with van der Waals surface area (Å²) in [6.45, 7) is 2.19. The molecule has 0 bridgehead atoms. The molecule has 0 saturated carbocycles. The first-order chi connectivity index (χ1) is 5.77. The van der Waals surface area contributed by atoms with Crippen molar-refractivity contribution in [3.05, 3.63) is 35.4 Å². The van der Waals surface area contributed by atoms with E-state index in [0.717, 1.165) is 5.56 Å². The van der Waals surface area contributed by atoms with E-state index in [0.29, 0.717) is 0 Å². The first kappa shape index (κ1) is 9.23. The van der Waals surface area contributed by atoms with E-state index >= 15 is 0 Å². The van der Waals surface area contributed by atoms with E-state index < -0.39 is 0 Å². The van der Waals surface area contributed by atoms with Crippen LogP contribution < -0.4 is 5.32 Å². The molecular weight excluding hydrogens is 150 g/mol. The first-order valence-electron chi connectivity index (χ1n) is 4.12. The first-order valence-corrected chi connectivity index (χ1v) is 4.12. The maximum Gasteiger partial charge on any atom is 0.0626 e. The molecule has 0 aromatic heterocycles. The lowest BCUT2D eigenvalue weighted by Gasteiger charge is -2.13. The molecule has 0 saturated heterocycles. The Morgan fingerprint density at radius 2 is 1.92 bits per heavy atom. The van der Waals surface area contributed by atoms with Gasteiger partial charge in [0.1, 0.15) is 0 Å². The second-order valence-electron chi connectivity index (χ2n) is 2.93. The highest BCUT2D eigenvalue weighted by atomic mass is 16.3. The van der Waals surface area contributed by atoms with Crippen molar-refractivity contribution in [3.8, 4) is 0 Å². The zero-order valence-corrected chi connectivity index (χ0v) is 7.54. The molecule has 0 heterocycles. The number of nitrogens with one attached hydrogen (secondary N) is 1. The Balaban J connectivity index is 2.80. The van der Waals surface area contributed by atoms with E-state index in [9.17, 15) is 0 Å². The van der Waals surface area contributed by atoms with Gasteiger partial charge in [0.25, 0.3) is 0 Å². The maximum absolute atomic E-state index is 8.99. The molecule has 0 aliphatic heterocycles. The molecular formula is C10H15NO. The summed E-state index contributed by atoms with van der Waals surface area (Å²) in [5.41, 5.74) is 2.37. The van der Waals surface area contributed by atoms with Crippen LogP contribution in [0.1, 0.15) is 17.2 Å². The summed E-state index contributed by atoms with van der Waals surface area (Å²) in [7, 11) is 1.85. The number of aliphatic hydroxyl groups excluding tert-OH is 1. The van der Waals surface area contributed by atoms with Gasteiger partial charge in [-0.3, -0.25) is 0 Å². The van der Waals surface area contributed by atoms with Gasteiger partial charge in [-0.25, -0.2) is 0 Å². The van der Waals surface area contributed by atoms with Crippen molar-refractivity contribution in [2.24, 2.45) is 0 Å². The lowest BCUT2D eigenvalue weighted by atomic mass is 10.1. The fraction of sp³-hybridized carbons (Fsp3) is 0.400. The van der Waals surface area contributed by atoms with E-state index in [4.69, 9.17) is 5.11 Å². The summed E-state index contributed by atoms with van der Waals surface area (Å²) in [4.78, 5) is 0. The molecule has 1 aromatic rings. The Morgan fingerprint density at radius 1 is 1.33 bits per heavy atom. The van der Waals surface area contributed by atoms with E-state index in [2.05, 4.69) is 24.4 Å². The van der Waals surface area contributed by atoms with Crippen LogP contribution in [-0.2, 0) is 0 Å². The van der Waals surface area contributed by atoms with Crippen molar-refractivity contribution in [2.45, 2.75) is 13.0 Å². The highest BCUT2D eigenvalue weighted by molar-refractivity contribution is 5.24. The number of hydrogen-bond acceptors (Lipinski definition) is 2. The summed E-state index contributed by atoms with van der Waals surface area (Å²) < 4.78 is 0. The molecule has 2 N–H and O–H groups in total. The zero-order valence-electron chi connectivity index (χ0n) is 7.54. The highest BCUT2D eigenvalue weighted by Gasteiger charge is 2.05. The van der Waals surface area contributed by atoms with Crippen molar-refractivity contribution in [1.82, 2.24) is 5.32 Å². The molecule has 0 amide bonds. The van der Waals surface area contributed by atoms with Gasteiger partial charge in [0.05, 0.1) is 12.6 Å². The number of benzene rings is 1. The Hall–Kier alpha value is -0.860. The van der Waals surface area contributed by atoms with Crippen molar-refractivity contribution < 1.29 is 5.11 Å². The maximum atomic E-state index is 8.99. The Morgan fingerprint density at radius 3 is 2.33 bits per heavy atom. The minimum atomic E-state index is 0.0607.